The van der Waals surface area contributed by atoms with Crippen LogP contribution in [-0.2, 0) is 0 Å². The molecule has 0 fully saturated rings. The second-order valence-corrected chi connectivity index (χ2v) is 6.64. The lowest BCUT2D eigenvalue weighted by Gasteiger charge is -2.03. The van der Waals surface area contributed by atoms with Crippen molar-refractivity contribution in [1.29, 1.82) is 0 Å². The number of hydrogen-bond acceptors (Lipinski definition) is 4. The maximum Gasteiger partial charge on any atom is 0.193 e. The summed E-state index contributed by atoms with van der Waals surface area (Å²) >= 11 is 9.16. The first-order valence-electron chi connectivity index (χ1n) is 6.27. The van der Waals surface area contributed by atoms with E-state index in [1.54, 1.807) is 23.5 Å². The zero-order chi connectivity index (χ0) is 14.7. The number of nitrogens with zero attached hydrogens (tertiary/aromatic N) is 1. The molecule has 0 aliphatic carbocycles. The molecule has 3 rings (SSSR count). The molecule has 0 amide bonds. The Balaban J connectivity index is 1.87. The fourth-order valence-electron chi connectivity index (χ4n) is 1.86. The van der Waals surface area contributed by atoms with Crippen LogP contribution in [0.4, 0.5) is 0 Å². The van der Waals surface area contributed by atoms with Crippen molar-refractivity contribution in [3.8, 4) is 11.3 Å². The van der Waals surface area contributed by atoms with Crippen LogP contribution in [0.5, 0.6) is 0 Å². The molecule has 106 valence electrons. The maximum absolute atomic E-state index is 5.90. The van der Waals surface area contributed by atoms with Crippen molar-refractivity contribution in [2.75, 3.05) is 6.26 Å². The normalized spacial score (nSPS) is 10.8. The second-order valence-electron chi connectivity index (χ2n) is 4.27. The Morgan fingerprint density at radius 1 is 0.952 bits per heavy atom. The van der Waals surface area contributed by atoms with Gasteiger partial charge in [-0.05, 0) is 54.4 Å². The third-order valence-electron chi connectivity index (χ3n) is 2.92. The summed E-state index contributed by atoms with van der Waals surface area (Å²) in [6, 6.07) is 16.0. The molecule has 0 radical (unpaired) electrons. The predicted octanol–water partition coefficient (Wildman–Crippen LogP) is 5.87. The van der Waals surface area contributed by atoms with Crippen molar-refractivity contribution in [2.24, 2.45) is 0 Å². The number of rotatable bonds is 4. The van der Waals surface area contributed by atoms with Crippen LogP contribution in [-0.4, -0.2) is 11.2 Å². The lowest BCUT2D eigenvalue weighted by molar-refractivity contribution is 0.471. The number of hydrogen-bond donors (Lipinski definition) is 0. The Bertz CT molecular complexity index is 723. The molecule has 0 bridgehead atoms. The van der Waals surface area contributed by atoms with Gasteiger partial charge in [-0.1, -0.05) is 23.7 Å². The Morgan fingerprint density at radius 2 is 1.62 bits per heavy atom. The van der Waals surface area contributed by atoms with Crippen molar-refractivity contribution in [3.63, 3.8) is 0 Å². The largest absolute Gasteiger partial charge is 0.436 e. The minimum Gasteiger partial charge on any atom is -0.436 e. The molecular formula is C16H12ClNOS2. The molecule has 0 unspecified atom stereocenters. The van der Waals surface area contributed by atoms with Crippen LogP contribution in [0.1, 0.15) is 0 Å². The van der Waals surface area contributed by atoms with Gasteiger partial charge in [-0.25, -0.2) is 4.98 Å². The maximum atomic E-state index is 5.90. The smallest absolute Gasteiger partial charge is 0.193 e. The molecule has 2 nitrogen and oxygen atoms in total. The van der Waals surface area contributed by atoms with Crippen LogP contribution in [0.15, 0.2) is 74.2 Å². The third-order valence-corrected chi connectivity index (χ3v) is 4.90. The van der Waals surface area contributed by atoms with Gasteiger partial charge in [-0.3, -0.25) is 0 Å². The summed E-state index contributed by atoms with van der Waals surface area (Å²) in [6.07, 6.45) is 3.54. The van der Waals surface area contributed by atoms with Gasteiger partial charge in [0.25, 0.3) is 0 Å². The summed E-state index contributed by atoms with van der Waals surface area (Å²) in [5.41, 5.74) is 1.92. The fraction of sp³-hybridized carbons (Fsp3) is 0.0625. The number of aromatic nitrogens is 1. The lowest BCUT2D eigenvalue weighted by Crippen LogP contribution is -1.81. The molecule has 0 saturated carbocycles. The standard InChI is InChI=1S/C16H12ClNOS2/c1-20-13-6-2-11(3-7-13)15-16(19-10-18-15)21-14-8-4-12(17)5-9-14/h2-10H,1H3. The van der Waals surface area contributed by atoms with E-state index in [9.17, 15) is 0 Å². The Kier molecular flexibility index (Phi) is 4.58. The lowest BCUT2D eigenvalue weighted by atomic mass is 10.2. The van der Waals surface area contributed by atoms with Gasteiger partial charge in [0.2, 0.25) is 0 Å². The summed E-state index contributed by atoms with van der Waals surface area (Å²) in [5.74, 6) is 0. The van der Waals surface area contributed by atoms with Gasteiger partial charge in [0, 0.05) is 20.4 Å². The van der Waals surface area contributed by atoms with Gasteiger partial charge >= 0.3 is 0 Å². The van der Waals surface area contributed by atoms with E-state index in [2.05, 4.69) is 35.5 Å². The molecule has 1 aromatic heterocycles. The van der Waals surface area contributed by atoms with Crippen LogP contribution in [0.3, 0.4) is 0 Å². The molecule has 0 aliphatic heterocycles. The van der Waals surface area contributed by atoms with E-state index in [4.69, 9.17) is 16.0 Å². The minimum atomic E-state index is 0.727. The Morgan fingerprint density at radius 3 is 2.29 bits per heavy atom. The highest BCUT2D eigenvalue weighted by Gasteiger charge is 2.12. The van der Waals surface area contributed by atoms with Crippen LogP contribution in [0, 0.1) is 0 Å². The average molecular weight is 334 g/mol. The summed E-state index contributed by atoms with van der Waals surface area (Å²) in [6.45, 7) is 0. The molecule has 0 spiro atoms. The molecule has 21 heavy (non-hydrogen) atoms. The van der Waals surface area contributed by atoms with Gasteiger partial charge < -0.3 is 4.42 Å². The third kappa shape index (κ3) is 3.46. The fourth-order valence-corrected chi connectivity index (χ4v) is 3.24. The van der Waals surface area contributed by atoms with E-state index >= 15 is 0 Å². The monoisotopic (exact) mass is 333 g/mol. The highest BCUT2D eigenvalue weighted by Crippen LogP contribution is 2.36. The minimum absolute atomic E-state index is 0.727. The van der Waals surface area contributed by atoms with Crippen molar-refractivity contribution in [3.05, 3.63) is 59.9 Å². The van der Waals surface area contributed by atoms with E-state index in [0.29, 0.717) is 0 Å². The van der Waals surface area contributed by atoms with E-state index < -0.39 is 0 Å². The van der Waals surface area contributed by atoms with Gasteiger partial charge in [0.1, 0.15) is 5.69 Å². The summed E-state index contributed by atoms with van der Waals surface area (Å²) in [7, 11) is 0. The van der Waals surface area contributed by atoms with Crippen molar-refractivity contribution in [1.82, 2.24) is 4.98 Å². The average Bonchev–Trinajstić information content (AvgIpc) is 2.98. The number of oxazole rings is 1. The summed E-state index contributed by atoms with van der Waals surface area (Å²) in [4.78, 5) is 6.63. The molecule has 0 N–H and O–H groups in total. The summed E-state index contributed by atoms with van der Waals surface area (Å²) < 4.78 is 5.52. The molecule has 0 atom stereocenters. The van der Waals surface area contributed by atoms with Gasteiger partial charge in [-0.15, -0.1) is 11.8 Å². The quantitative estimate of drug-likeness (QED) is 0.558. The first-order chi connectivity index (χ1) is 10.3. The predicted molar refractivity (Wildman–Crippen MR) is 89.3 cm³/mol. The summed E-state index contributed by atoms with van der Waals surface area (Å²) in [5, 5.41) is 1.51. The zero-order valence-electron chi connectivity index (χ0n) is 11.2. The Hall–Kier alpha value is -1.36. The van der Waals surface area contributed by atoms with Gasteiger partial charge in [0.05, 0.1) is 0 Å². The van der Waals surface area contributed by atoms with Crippen molar-refractivity contribution < 1.29 is 4.42 Å². The SMILES string of the molecule is CSc1ccc(-c2ncoc2Sc2ccc(Cl)cc2)cc1. The van der Waals surface area contributed by atoms with Gasteiger partial charge in [-0.2, -0.15) is 0 Å². The first-order valence-corrected chi connectivity index (χ1v) is 8.69. The molecule has 3 aromatic rings. The van der Waals surface area contributed by atoms with E-state index in [-0.39, 0.29) is 0 Å². The molecule has 5 heteroatoms. The number of thioether (sulfide) groups is 1. The van der Waals surface area contributed by atoms with E-state index in [1.165, 1.54) is 11.3 Å². The topological polar surface area (TPSA) is 26.0 Å². The highest BCUT2D eigenvalue weighted by molar-refractivity contribution is 7.99. The van der Waals surface area contributed by atoms with Crippen LogP contribution >= 0.6 is 35.1 Å². The van der Waals surface area contributed by atoms with Crippen LogP contribution in [0.2, 0.25) is 5.02 Å². The number of halogens is 1. The van der Waals surface area contributed by atoms with Crippen molar-refractivity contribution in [2.45, 2.75) is 14.9 Å². The second kappa shape index (κ2) is 6.60. The van der Waals surface area contributed by atoms with Crippen LogP contribution < -0.4 is 0 Å². The molecule has 0 saturated heterocycles. The van der Waals surface area contributed by atoms with E-state index in [0.717, 1.165) is 26.3 Å². The van der Waals surface area contributed by atoms with Crippen molar-refractivity contribution >= 4 is 35.1 Å². The van der Waals surface area contributed by atoms with E-state index in [1.807, 2.05) is 24.3 Å². The first kappa shape index (κ1) is 14.6. The molecular weight excluding hydrogens is 322 g/mol. The molecule has 0 aliphatic rings. The number of benzene rings is 2. The Labute approximate surface area is 136 Å². The molecule has 1 heterocycles. The van der Waals surface area contributed by atoms with Gasteiger partial charge in [0.15, 0.2) is 11.5 Å². The van der Waals surface area contributed by atoms with Crippen LogP contribution in [0.25, 0.3) is 11.3 Å². The zero-order valence-corrected chi connectivity index (χ0v) is 13.6. The molecule has 2 aromatic carbocycles. The highest BCUT2D eigenvalue weighted by atomic mass is 35.5.